The van der Waals surface area contributed by atoms with Gasteiger partial charge in [0.2, 0.25) is 10.0 Å². The second kappa shape index (κ2) is 6.81. The van der Waals surface area contributed by atoms with Gasteiger partial charge < -0.3 is 9.52 Å². The first-order valence-corrected chi connectivity index (χ1v) is 8.21. The third kappa shape index (κ3) is 3.97. The maximum atomic E-state index is 12.4. The predicted molar refractivity (Wildman–Crippen MR) is 81.9 cm³/mol. The fraction of sp³-hybridized carbons (Fsp3) is 0.214. The largest absolute Gasteiger partial charge is 0.481 e. The van der Waals surface area contributed by atoms with Gasteiger partial charge in [-0.15, -0.1) is 0 Å². The van der Waals surface area contributed by atoms with Crippen molar-refractivity contribution in [1.29, 1.82) is 0 Å². The summed E-state index contributed by atoms with van der Waals surface area (Å²) in [6.45, 7) is 1.48. The first-order chi connectivity index (χ1) is 11.2. The molecule has 2 rings (SSSR count). The summed E-state index contributed by atoms with van der Waals surface area (Å²) >= 11 is 0. The topological polar surface area (TPSA) is 140 Å². The zero-order valence-electron chi connectivity index (χ0n) is 12.5. The van der Waals surface area contributed by atoms with Crippen molar-refractivity contribution in [2.24, 2.45) is 0 Å². The number of hydrogen-bond acceptors (Lipinski definition) is 6. The molecule has 2 N–H and O–H groups in total. The van der Waals surface area contributed by atoms with Crippen LogP contribution in [0.5, 0.6) is 0 Å². The van der Waals surface area contributed by atoms with Crippen LogP contribution in [-0.2, 0) is 14.8 Å². The predicted octanol–water partition coefficient (Wildman–Crippen LogP) is 1.99. The van der Waals surface area contributed by atoms with Crippen LogP contribution in [0.25, 0.3) is 0 Å². The highest BCUT2D eigenvalue weighted by Crippen LogP contribution is 2.25. The number of aryl methyl sites for hydroxylation is 1. The quantitative estimate of drug-likeness (QED) is 0.572. The Morgan fingerprint density at radius 3 is 2.67 bits per heavy atom. The van der Waals surface area contributed by atoms with Gasteiger partial charge in [-0.2, -0.15) is 4.72 Å². The first kappa shape index (κ1) is 17.6. The Kier molecular flexibility index (Phi) is 5.00. The van der Waals surface area contributed by atoms with Crippen LogP contribution >= 0.6 is 0 Å². The number of nitrogens with one attached hydrogen (secondary N) is 1. The molecule has 1 atom stereocenters. The van der Waals surface area contributed by atoms with E-state index < -0.39 is 33.4 Å². The van der Waals surface area contributed by atoms with E-state index in [1.165, 1.54) is 37.5 Å². The van der Waals surface area contributed by atoms with Crippen molar-refractivity contribution in [1.82, 2.24) is 4.72 Å². The Hall–Kier alpha value is -2.72. The van der Waals surface area contributed by atoms with Crippen molar-refractivity contribution in [3.8, 4) is 0 Å². The molecule has 1 aromatic carbocycles. The molecule has 9 nitrogen and oxygen atoms in total. The lowest BCUT2D eigenvalue weighted by molar-refractivity contribution is -0.385. The molecule has 128 valence electrons. The molecular weight excluding hydrogens is 340 g/mol. The summed E-state index contributed by atoms with van der Waals surface area (Å²) in [5.41, 5.74) is -0.0299. The minimum absolute atomic E-state index is 0.127. The van der Waals surface area contributed by atoms with Crippen LogP contribution < -0.4 is 4.72 Å². The number of hydrogen-bond donors (Lipinski definition) is 2. The Balaban J connectivity index is 2.37. The van der Waals surface area contributed by atoms with Crippen molar-refractivity contribution >= 4 is 21.7 Å². The van der Waals surface area contributed by atoms with Gasteiger partial charge in [-0.3, -0.25) is 14.9 Å². The number of carbonyl (C=O) groups is 1. The molecule has 0 aliphatic rings. The molecule has 10 heteroatoms. The van der Waals surface area contributed by atoms with Crippen LogP contribution in [0, 0.1) is 17.0 Å². The van der Waals surface area contributed by atoms with Crippen LogP contribution in [0.4, 0.5) is 5.69 Å². The van der Waals surface area contributed by atoms with Gasteiger partial charge in [-0.05, 0) is 25.1 Å². The maximum absolute atomic E-state index is 12.4. The minimum Gasteiger partial charge on any atom is -0.481 e. The standard InChI is InChI=1S/C14H14N2O7S/c1-9-4-5-10(7-12(9)16(19)20)24(21,22)15-11(8-14(17)18)13-3-2-6-23-13/h2-7,11,15H,8H2,1H3,(H,17,18). The van der Waals surface area contributed by atoms with Crippen molar-refractivity contribution in [2.75, 3.05) is 0 Å². The lowest BCUT2D eigenvalue weighted by Gasteiger charge is -2.15. The fourth-order valence-electron chi connectivity index (χ4n) is 2.07. The van der Waals surface area contributed by atoms with Gasteiger partial charge in [0.15, 0.2) is 0 Å². The van der Waals surface area contributed by atoms with Crippen molar-refractivity contribution in [3.63, 3.8) is 0 Å². The van der Waals surface area contributed by atoms with Crippen molar-refractivity contribution < 1.29 is 27.7 Å². The molecule has 0 aliphatic heterocycles. The summed E-state index contributed by atoms with van der Waals surface area (Å²) < 4.78 is 32.1. The number of furan rings is 1. The molecule has 1 aromatic heterocycles. The molecule has 0 aliphatic carbocycles. The van der Waals surface area contributed by atoms with E-state index in [0.29, 0.717) is 5.56 Å². The third-order valence-corrected chi connectivity index (χ3v) is 4.72. The summed E-state index contributed by atoms with van der Waals surface area (Å²) in [7, 11) is -4.18. The molecule has 1 unspecified atom stereocenters. The van der Waals surface area contributed by atoms with Crippen molar-refractivity contribution in [2.45, 2.75) is 24.3 Å². The molecular formula is C14H14N2O7S. The monoisotopic (exact) mass is 354 g/mol. The van der Waals surface area contributed by atoms with Crippen LogP contribution in [0.3, 0.4) is 0 Å². The van der Waals surface area contributed by atoms with Gasteiger partial charge >= 0.3 is 5.97 Å². The number of nitro benzene ring substituents is 1. The average Bonchev–Trinajstić information content (AvgIpc) is 2.99. The maximum Gasteiger partial charge on any atom is 0.305 e. The fourth-order valence-corrected chi connectivity index (χ4v) is 3.30. The molecule has 0 radical (unpaired) electrons. The zero-order chi connectivity index (χ0) is 17.9. The lowest BCUT2D eigenvalue weighted by atomic mass is 10.2. The molecule has 0 saturated heterocycles. The Bertz CT molecular complexity index is 859. The third-order valence-electron chi connectivity index (χ3n) is 3.25. The van der Waals surface area contributed by atoms with E-state index in [4.69, 9.17) is 9.52 Å². The van der Waals surface area contributed by atoms with Gasteiger partial charge in [0.25, 0.3) is 5.69 Å². The summed E-state index contributed by atoms with van der Waals surface area (Å²) in [4.78, 5) is 20.9. The Morgan fingerprint density at radius 2 is 2.12 bits per heavy atom. The summed E-state index contributed by atoms with van der Waals surface area (Å²) in [6, 6.07) is 5.25. The normalized spacial score (nSPS) is 12.7. The van der Waals surface area contributed by atoms with Crippen molar-refractivity contribution in [3.05, 3.63) is 58.0 Å². The van der Waals surface area contributed by atoms with Crippen LogP contribution in [0.1, 0.15) is 23.8 Å². The number of sulfonamides is 1. The van der Waals surface area contributed by atoms with E-state index in [2.05, 4.69) is 4.72 Å². The molecule has 2 aromatic rings. The minimum atomic E-state index is -4.18. The summed E-state index contributed by atoms with van der Waals surface area (Å²) in [5.74, 6) is -1.10. The molecule has 24 heavy (non-hydrogen) atoms. The second-order valence-electron chi connectivity index (χ2n) is 4.99. The number of carboxylic acid groups (broad SMARTS) is 1. The van der Waals surface area contributed by atoms with E-state index in [0.717, 1.165) is 6.07 Å². The van der Waals surface area contributed by atoms with Gasteiger partial charge in [0, 0.05) is 11.6 Å². The Labute approximate surface area is 137 Å². The number of nitrogens with zero attached hydrogens (tertiary/aromatic N) is 1. The average molecular weight is 354 g/mol. The molecule has 1 heterocycles. The number of nitro groups is 1. The first-order valence-electron chi connectivity index (χ1n) is 6.73. The van der Waals surface area contributed by atoms with Crippen LogP contribution in [0.15, 0.2) is 45.9 Å². The van der Waals surface area contributed by atoms with E-state index in [1.54, 1.807) is 0 Å². The zero-order valence-corrected chi connectivity index (χ0v) is 13.3. The number of rotatable bonds is 7. The van der Waals surface area contributed by atoms with E-state index >= 15 is 0 Å². The molecule has 0 bridgehead atoms. The lowest BCUT2D eigenvalue weighted by Crippen LogP contribution is -2.30. The summed E-state index contributed by atoms with van der Waals surface area (Å²) in [6.07, 6.45) is 0.746. The van der Waals surface area contributed by atoms with Crippen LogP contribution in [-0.4, -0.2) is 24.4 Å². The number of benzene rings is 1. The highest BCUT2D eigenvalue weighted by atomic mass is 32.2. The second-order valence-corrected chi connectivity index (χ2v) is 6.71. The highest BCUT2D eigenvalue weighted by molar-refractivity contribution is 7.89. The van der Waals surface area contributed by atoms with Gasteiger partial charge in [0.05, 0.1) is 28.5 Å². The van der Waals surface area contributed by atoms with Gasteiger partial charge in [0.1, 0.15) is 5.76 Å². The number of carboxylic acids is 1. The molecule has 0 spiro atoms. The number of aliphatic carboxylic acids is 1. The molecule has 0 amide bonds. The van der Waals surface area contributed by atoms with E-state index in [1.807, 2.05) is 0 Å². The smallest absolute Gasteiger partial charge is 0.305 e. The summed E-state index contributed by atoms with van der Waals surface area (Å²) in [5, 5.41) is 19.9. The van der Waals surface area contributed by atoms with E-state index in [-0.39, 0.29) is 16.3 Å². The van der Waals surface area contributed by atoms with Gasteiger partial charge in [-0.1, -0.05) is 6.07 Å². The highest BCUT2D eigenvalue weighted by Gasteiger charge is 2.27. The molecule has 0 fully saturated rings. The van der Waals surface area contributed by atoms with Gasteiger partial charge in [-0.25, -0.2) is 8.42 Å². The SMILES string of the molecule is Cc1ccc(S(=O)(=O)NC(CC(=O)O)c2ccco2)cc1[N+](=O)[O-]. The molecule has 0 saturated carbocycles. The Morgan fingerprint density at radius 1 is 1.42 bits per heavy atom. The van der Waals surface area contributed by atoms with E-state index in [9.17, 15) is 23.3 Å². The van der Waals surface area contributed by atoms with Crippen LogP contribution in [0.2, 0.25) is 0 Å².